The first-order chi connectivity index (χ1) is 6.95. The van der Waals surface area contributed by atoms with Crippen LogP contribution in [-0.4, -0.2) is 32.1 Å². The lowest BCUT2D eigenvalue weighted by molar-refractivity contribution is -0.244. The minimum atomic E-state index is -0.274. The average Bonchev–Trinajstić information content (AvgIpc) is 2.17. The molecule has 0 atom stereocenters. The van der Waals surface area contributed by atoms with Crippen molar-refractivity contribution in [3.63, 3.8) is 0 Å². The number of carbonyl (C=O) groups excluding carboxylic acids is 1. The molecular weight excluding hydrogens is 196 g/mol. The molecule has 1 aliphatic heterocycles. The smallest absolute Gasteiger partial charge is 0.313 e. The number of rotatable bonds is 2. The Bertz CT molecular complexity index is 211. The van der Waals surface area contributed by atoms with Crippen molar-refractivity contribution < 1.29 is 19.0 Å². The summed E-state index contributed by atoms with van der Waals surface area (Å²) in [5.41, 5.74) is -0.0559. The fraction of sp³-hybridized carbons (Fsp3) is 0.909. The summed E-state index contributed by atoms with van der Waals surface area (Å²) in [7, 11) is 0. The Hall–Kier alpha value is -0.610. The van der Waals surface area contributed by atoms with Crippen LogP contribution < -0.4 is 0 Å². The van der Waals surface area contributed by atoms with Crippen LogP contribution in [0.5, 0.6) is 0 Å². The second kappa shape index (κ2) is 4.94. The maximum absolute atomic E-state index is 11.4. The molecule has 0 saturated carbocycles. The lowest BCUT2D eigenvalue weighted by Gasteiger charge is -2.35. The van der Waals surface area contributed by atoms with Crippen LogP contribution in [0, 0.1) is 11.3 Å². The predicted molar refractivity (Wildman–Crippen MR) is 55.3 cm³/mol. The molecule has 0 aliphatic carbocycles. The highest BCUT2D eigenvalue weighted by Gasteiger charge is 2.34. The molecule has 4 heteroatoms. The Labute approximate surface area is 90.9 Å². The van der Waals surface area contributed by atoms with Crippen molar-refractivity contribution in [3.05, 3.63) is 0 Å². The topological polar surface area (TPSA) is 44.8 Å². The van der Waals surface area contributed by atoms with E-state index in [2.05, 4.69) is 0 Å². The van der Waals surface area contributed by atoms with E-state index >= 15 is 0 Å². The van der Waals surface area contributed by atoms with Gasteiger partial charge in [0.2, 0.25) is 0 Å². The number of esters is 1. The molecule has 1 rings (SSSR count). The summed E-state index contributed by atoms with van der Waals surface area (Å²) in [6, 6.07) is 0. The molecule has 0 aromatic rings. The average molecular weight is 216 g/mol. The SMILES string of the molecule is CCOC(=O)C1COC(C(C)(C)C)OC1. The summed E-state index contributed by atoms with van der Waals surface area (Å²) in [6.45, 7) is 9.10. The van der Waals surface area contributed by atoms with Gasteiger partial charge < -0.3 is 14.2 Å². The third kappa shape index (κ3) is 3.47. The van der Waals surface area contributed by atoms with Crippen molar-refractivity contribution in [2.45, 2.75) is 34.0 Å². The molecule has 1 fully saturated rings. The Balaban J connectivity index is 2.39. The zero-order valence-corrected chi connectivity index (χ0v) is 9.91. The molecule has 0 radical (unpaired) electrons. The Kier molecular flexibility index (Phi) is 4.11. The molecule has 0 amide bonds. The summed E-state index contributed by atoms with van der Waals surface area (Å²) >= 11 is 0. The highest BCUT2D eigenvalue weighted by atomic mass is 16.7. The summed E-state index contributed by atoms with van der Waals surface area (Å²) in [6.07, 6.45) is -0.233. The second-order valence-electron chi connectivity index (χ2n) is 4.81. The van der Waals surface area contributed by atoms with Crippen molar-refractivity contribution in [3.8, 4) is 0 Å². The van der Waals surface area contributed by atoms with Crippen LogP contribution >= 0.6 is 0 Å². The largest absolute Gasteiger partial charge is 0.466 e. The van der Waals surface area contributed by atoms with Gasteiger partial charge in [-0.1, -0.05) is 20.8 Å². The van der Waals surface area contributed by atoms with Gasteiger partial charge in [-0.15, -0.1) is 0 Å². The summed E-state index contributed by atoms with van der Waals surface area (Å²) in [5.74, 6) is -0.506. The van der Waals surface area contributed by atoms with E-state index in [0.717, 1.165) is 0 Å². The van der Waals surface area contributed by atoms with Gasteiger partial charge in [0, 0.05) is 5.41 Å². The zero-order chi connectivity index (χ0) is 11.5. The van der Waals surface area contributed by atoms with E-state index in [1.54, 1.807) is 6.92 Å². The fourth-order valence-corrected chi connectivity index (χ4v) is 1.40. The standard InChI is InChI=1S/C11H20O4/c1-5-13-9(12)8-6-14-10(15-7-8)11(2,3)4/h8,10H,5-7H2,1-4H3. The Morgan fingerprint density at radius 2 is 1.87 bits per heavy atom. The molecule has 1 heterocycles. The summed E-state index contributed by atoms with van der Waals surface area (Å²) < 4.78 is 15.9. The van der Waals surface area contributed by atoms with Crippen LogP contribution in [0.2, 0.25) is 0 Å². The molecule has 0 aromatic heterocycles. The molecule has 0 N–H and O–H groups in total. The van der Waals surface area contributed by atoms with Crippen LogP contribution in [0.3, 0.4) is 0 Å². The lowest BCUT2D eigenvalue weighted by atomic mass is 9.95. The fourth-order valence-electron chi connectivity index (χ4n) is 1.40. The lowest BCUT2D eigenvalue weighted by Crippen LogP contribution is -2.42. The molecular formula is C11H20O4. The van der Waals surface area contributed by atoms with Gasteiger partial charge in [-0.25, -0.2) is 0 Å². The molecule has 4 nitrogen and oxygen atoms in total. The third-order valence-electron chi connectivity index (χ3n) is 2.22. The van der Waals surface area contributed by atoms with E-state index in [1.807, 2.05) is 20.8 Å². The Morgan fingerprint density at radius 3 is 2.27 bits per heavy atom. The predicted octanol–water partition coefficient (Wildman–Crippen LogP) is 1.58. The van der Waals surface area contributed by atoms with Gasteiger partial charge in [-0.05, 0) is 6.92 Å². The van der Waals surface area contributed by atoms with Crippen molar-refractivity contribution in [2.24, 2.45) is 11.3 Å². The van der Waals surface area contributed by atoms with Crippen molar-refractivity contribution in [1.82, 2.24) is 0 Å². The number of hydrogen-bond acceptors (Lipinski definition) is 4. The minimum absolute atomic E-state index is 0.0559. The van der Waals surface area contributed by atoms with Crippen LogP contribution in [0.1, 0.15) is 27.7 Å². The molecule has 88 valence electrons. The van der Waals surface area contributed by atoms with Crippen molar-refractivity contribution >= 4 is 5.97 Å². The van der Waals surface area contributed by atoms with Gasteiger partial charge in [0.15, 0.2) is 6.29 Å². The third-order valence-corrected chi connectivity index (χ3v) is 2.22. The van der Waals surface area contributed by atoms with Crippen LogP contribution in [-0.2, 0) is 19.0 Å². The maximum Gasteiger partial charge on any atom is 0.313 e. The molecule has 0 unspecified atom stereocenters. The summed E-state index contributed by atoms with van der Waals surface area (Å²) in [5, 5.41) is 0. The van der Waals surface area contributed by atoms with Crippen LogP contribution in [0.4, 0.5) is 0 Å². The highest BCUT2D eigenvalue weighted by Crippen LogP contribution is 2.27. The first-order valence-electron chi connectivity index (χ1n) is 5.35. The molecule has 0 bridgehead atoms. The first kappa shape index (κ1) is 12.5. The van der Waals surface area contributed by atoms with E-state index in [4.69, 9.17) is 14.2 Å². The first-order valence-corrected chi connectivity index (χ1v) is 5.35. The quantitative estimate of drug-likeness (QED) is 0.657. The molecule has 1 saturated heterocycles. The van der Waals surface area contributed by atoms with Crippen LogP contribution in [0.15, 0.2) is 0 Å². The van der Waals surface area contributed by atoms with E-state index in [9.17, 15) is 4.79 Å². The number of hydrogen-bond donors (Lipinski definition) is 0. The van der Waals surface area contributed by atoms with Gasteiger partial charge >= 0.3 is 5.97 Å². The number of carbonyl (C=O) groups is 1. The normalized spacial score (nSPS) is 27.5. The minimum Gasteiger partial charge on any atom is -0.466 e. The van der Waals surface area contributed by atoms with E-state index in [-0.39, 0.29) is 23.6 Å². The molecule has 1 aliphatic rings. The van der Waals surface area contributed by atoms with E-state index in [1.165, 1.54) is 0 Å². The zero-order valence-electron chi connectivity index (χ0n) is 9.91. The van der Waals surface area contributed by atoms with Crippen molar-refractivity contribution in [2.75, 3.05) is 19.8 Å². The highest BCUT2D eigenvalue weighted by molar-refractivity contribution is 5.72. The molecule has 0 aromatic carbocycles. The second-order valence-corrected chi connectivity index (χ2v) is 4.81. The van der Waals surface area contributed by atoms with Gasteiger partial charge in [0.05, 0.1) is 19.8 Å². The number of ether oxygens (including phenoxy) is 3. The Morgan fingerprint density at radius 1 is 1.33 bits per heavy atom. The molecule has 15 heavy (non-hydrogen) atoms. The van der Waals surface area contributed by atoms with Gasteiger partial charge in [-0.2, -0.15) is 0 Å². The van der Waals surface area contributed by atoms with Gasteiger partial charge in [-0.3, -0.25) is 4.79 Å². The van der Waals surface area contributed by atoms with E-state index < -0.39 is 0 Å². The summed E-state index contributed by atoms with van der Waals surface area (Å²) in [4.78, 5) is 11.4. The van der Waals surface area contributed by atoms with E-state index in [0.29, 0.717) is 19.8 Å². The van der Waals surface area contributed by atoms with Crippen molar-refractivity contribution in [1.29, 1.82) is 0 Å². The van der Waals surface area contributed by atoms with Crippen LogP contribution in [0.25, 0.3) is 0 Å². The van der Waals surface area contributed by atoms with Gasteiger partial charge in [0.25, 0.3) is 0 Å². The maximum atomic E-state index is 11.4. The molecule has 0 spiro atoms. The van der Waals surface area contributed by atoms with Gasteiger partial charge in [0.1, 0.15) is 5.92 Å². The monoisotopic (exact) mass is 216 g/mol.